The fourth-order valence-corrected chi connectivity index (χ4v) is 3.00. The molecule has 9 heteroatoms. The van der Waals surface area contributed by atoms with Crippen molar-refractivity contribution in [2.24, 2.45) is 11.1 Å². The number of nitrogens with zero attached hydrogens (tertiary/aromatic N) is 1. The molecule has 2 aromatic rings. The number of benzene rings is 2. The molecular formula is C24H25F3N2O4. The second-order valence-corrected chi connectivity index (χ2v) is 7.51. The highest BCUT2D eigenvalue weighted by Crippen LogP contribution is 2.29. The summed E-state index contributed by atoms with van der Waals surface area (Å²) >= 11 is 0. The summed E-state index contributed by atoms with van der Waals surface area (Å²) in [7, 11) is 0. The molecule has 1 N–H and O–H groups in total. The molecule has 1 aliphatic heterocycles. The number of rotatable bonds is 9. The van der Waals surface area contributed by atoms with Gasteiger partial charge in [0.05, 0.1) is 24.1 Å². The number of ether oxygens (including phenoxy) is 2. The van der Waals surface area contributed by atoms with E-state index in [-0.39, 0.29) is 25.0 Å². The van der Waals surface area contributed by atoms with Gasteiger partial charge in [-0.3, -0.25) is 4.79 Å². The summed E-state index contributed by atoms with van der Waals surface area (Å²) in [6, 6.07) is 11.7. The molecule has 0 fully saturated rings. The zero-order valence-corrected chi connectivity index (χ0v) is 18.1. The van der Waals surface area contributed by atoms with E-state index in [1.165, 1.54) is 12.1 Å². The van der Waals surface area contributed by atoms with Crippen molar-refractivity contribution in [2.45, 2.75) is 26.1 Å². The van der Waals surface area contributed by atoms with Crippen LogP contribution in [0, 0.1) is 5.92 Å². The third kappa shape index (κ3) is 7.85. The normalized spacial score (nSPS) is 16.1. The van der Waals surface area contributed by atoms with Crippen LogP contribution in [0.3, 0.4) is 0 Å². The summed E-state index contributed by atoms with van der Waals surface area (Å²) in [5.74, 6) is 0.609. The van der Waals surface area contributed by atoms with Crippen LogP contribution in [-0.2, 0) is 27.2 Å². The largest absolute Gasteiger partial charge is 0.501 e. The Balaban J connectivity index is 1.41. The molecule has 1 unspecified atom stereocenters. The van der Waals surface area contributed by atoms with Crippen LogP contribution >= 0.6 is 0 Å². The van der Waals surface area contributed by atoms with Gasteiger partial charge in [0.2, 0.25) is 0 Å². The van der Waals surface area contributed by atoms with Gasteiger partial charge in [-0.15, -0.1) is 0 Å². The van der Waals surface area contributed by atoms with Gasteiger partial charge in [0.15, 0.2) is 6.61 Å². The predicted octanol–water partition coefficient (Wildman–Crippen LogP) is 4.69. The number of nitrogens with one attached hydrogen (secondary N) is 1. The van der Waals surface area contributed by atoms with Crippen molar-refractivity contribution in [1.82, 2.24) is 5.32 Å². The van der Waals surface area contributed by atoms with Crippen molar-refractivity contribution in [3.05, 3.63) is 77.6 Å². The minimum Gasteiger partial charge on any atom is -0.501 e. The molecule has 6 nitrogen and oxygen atoms in total. The second-order valence-electron chi connectivity index (χ2n) is 7.51. The molecule has 0 aliphatic carbocycles. The maximum absolute atomic E-state index is 12.6. The number of oxime groups is 1. The highest BCUT2D eigenvalue weighted by molar-refractivity contribution is 5.98. The van der Waals surface area contributed by atoms with E-state index in [0.717, 1.165) is 24.1 Å². The van der Waals surface area contributed by atoms with Crippen molar-refractivity contribution in [3.8, 4) is 5.75 Å². The van der Waals surface area contributed by atoms with Gasteiger partial charge in [-0.25, -0.2) is 0 Å². The van der Waals surface area contributed by atoms with E-state index < -0.39 is 11.7 Å². The quantitative estimate of drug-likeness (QED) is 0.434. The summed E-state index contributed by atoms with van der Waals surface area (Å²) in [5, 5.41) is 6.85. The zero-order valence-electron chi connectivity index (χ0n) is 18.1. The van der Waals surface area contributed by atoms with E-state index in [9.17, 15) is 18.0 Å². The van der Waals surface area contributed by atoms with E-state index in [0.29, 0.717) is 30.2 Å². The molecular weight excluding hydrogens is 437 g/mol. The molecule has 3 rings (SSSR count). The van der Waals surface area contributed by atoms with Crippen LogP contribution in [0.2, 0.25) is 0 Å². The van der Waals surface area contributed by atoms with Crippen LogP contribution in [0.25, 0.3) is 0 Å². The van der Waals surface area contributed by atoms with Crippen LogP contribution < -0.4 is 10.1 Å². The third-order valence-corrected chi connectivity index (χ3v) is 4.97. The van der Waals surface area contributed by atoms with Crippen molar-refractivity contribution < 1.29 is 32.3 Å². The molecule has 1 amide bonds. The molecule has 1 heterocycles. The second kappa shape index (κ2) is 11.4. The monoisotopic (exact) mass is 462 g/mol. The first-order valence-corrected chi connectivity index (χ1v) is 10.4. The fourth-order valence-electron chi connectivity index (χ4n) is 3.00. The van der Waals surface area contributed by atoms with Crippen molar-refractivity contribution in [3.63, 3.8) is 0 Å². The van der Waals surface area contributed by atoms with Crippen molar-refractivity contribution in [2.75, 3.05) is 19.8 Å². The van der Waals surface area contributed by atoms with Gasteiger partial charge in [-0.1, -0.05) is 17.3 Å². The van der Waals surface area contributed by atoms with Gasteiger partial charge in [-0.05, 0) is 66.9 Å². The van der Waals surface area contributed by atoms with Gasteiger partial charge in [0.25, 0.3) is 5.91 Å². The highest BCUT2D eigenvalue weighted by Gasteiger charge is 2.29. The lowest BCUT2D eigenvalue weighted by Crippen LogP contribution is -2.33. The van der Waals surface area contributed by atoms with Gasteiger partial charge >= 0.3 is 6.18 Å². The summed E-state index contributed by atoms with van der Waals surface area (Å²) in [6.45, 7) is 2.91. The lowest BCUT2D eigenvalue weighted by atomic mass is 10.1. The fraction of sp³-hybridized carbons (Fsp3) is 0.333. The first-order chi connectivity index (χ1) is 15.8. The maximum atomic E-state index is 12.6. The van der Waals surface area contributed by atoms with Gasteiger partial charge in [0, 0.05) is 12.5 Å². The standard InChI is InChI=1S/C24H25F3N2O4/c1-17(29-33-15-19-2-6-21(7-3-19)24(25,26)27)20-4-8-22(9-5-20)32-16-23(30)28-14-18-10-12-31-13-11-18/h2-10,12,18H,11,13-16H2,1H3,(H,28,30)/b29-17+. The molecule has 1 atom stereocenters. The summed E-state index contributed by atoms with van der Waals surface area (Å²) in [6.07, 6.45) is 0.0914. The molecule has 0 saturated heterocycles. The lowest BCUT2D eigenvalue weighted by Gasteiger charge is -2.17. The Bertz CT molecular complexity index is 971. The van der Waals surface area contributed by atoms with E-state index in [4.69, 9.17) is 14.3 Å². The molecule has 2 aromatic carbocycles. The molecule has 0 spiro atoms. The Hall–Kier alpha value is -3.49. The molecule has 0 radical (unpaired) electrons. The Kier molecular flexibility index (Phi) is 8.34. The molecule has 1 aliphatic rings. The van der Waals surface area contributed by atoms with Crippen LogP contribution in [0.5, 0.6) is 5.75 Å². The molecule has 0 bridgehead atoms. The number of alkyl halides is 3. The molecule has 0 aromatic heterocycles. The van der Waals surface area contributed by atoms with Crippen LogP contribution in [0.15, 0.2) is 66.0 Å². The van der Waals surface area contributed by atoms with Crippen molar-refractivity contribution >= 4 is 11.6 Å². The van der Waals surface area contributed by atoms with Gasteiger partial charge in [0.1, 0.15) is 12.4 Å². The van der Waals surface area contributed by atoms with Gasteiger partial charge < -0.3 is 19.6 Å². The zero-order chi connectivity index (χ0) is 23.7. The average Bonchev–Trinajstić information content (AvgIpc) is 2.82. The number of hydrogen-bond donors (Lipinski definition) is 1. The molecule has 176 valence electrons. The van der Waals surface area contributed by atoms with Gasteiger partial charge in [-0.2, -0.15) is 13.2 Å². The number of amides is 1. The SMILES string of the molecule is C/C(=N\OCc1ccc(C(F)(F)F)cc1)c1ccc(OCC(=O)NCC2C=COCC2)cc1. The first kappa shape index (κ1) is 24.2. The number of carbonyl (C=O) groups is 1. The third-order valence-electron chi connectivity index (χ3n) is 4.97. The Labute approximate surface area is 190 Å². The predicted molar refractivity (Wildman–Crippen MR) is 117 cm³/mol. The Morgan fingerprint density at radius 2 is 1.88 bits per heavy atom. The average molecular weight is 462 g/mol. The minimum atomic E-state index is -4.36. The number of hydrogen-bond acceptors (Lipinski definition) is 5. The van der Waals surface area contributed by atoms with E-state index >= 15 is 0 Å². The maximum Gasteiger partial charge on any atom is 0.416 e. The van der Waals surface area contributed by atoms with E-state index in [1.54, 1.807) is 37.5 Å². The smallest absolute Gasteiger partial charge is 0.416 e. The topological polar surface area (TPSA) is 69.2 Å². The van der Waals surface area contributed by atoms with E-state index in [2.05, 4.69) is 10.5 Å². The number of halogens is 3. The first-order valence-electron chi connectivity index (χ1n) is 10.4. The molecule has 33 heavy (non-hydrogen) atoms. The lowest BCUT2D eigenvalue weighted by molar-refractivity contribution is -0.137. The van der Waals surface area contributed by atoms with E-state index in [1.807, 2.05) is 6.08 Å². The number of carbonyl (C=O) groups excluding carboxylic acids is 1. The van der Waals surface area contributed by atoms with Crippen molar-refractivity contribution in [1.29, 1.82) is 0 Å². The Morgan fingerprint density at radius 3 is 2.52 bits per heavy atom. The summed E-state index contributed by atoms with van der Waals surface area (Å²) in [5.41, 5.74) is 1.25. The Morgan fingerprint density at radius 1 is 1.15 bits per heavy atom. The van der Waals surface area contributed by atoms with Crippen LogP contribution in [0.1, 0.15) is 30.0 Å². The van der Waals surface area contributed by atoms with Crippen LogP contribution in [0.4, 0.5) is 13.2 Å². The van der Waals surface area contributed by atoms with Crippen LogP contribution in [-0.4, -0.2) is 31.4 Å². The molecule has 0 saturated carbocycles. The highest BCUT2D eigenvalue weighted by atomic mass is 19.4. The summed E-state index contributed by atoms with van der Waals surface area (Å²) < 4.78 is 48.4. The summed E-state index contributed by atoms with van der Waals surface area (Å²) in [4.78, 5) is 17.2. The minimum absolute atomic E-state index is 0.0510.